The van der Waals surface area contributed by atoms with E-state index in [0.717, 1.165) is 12.8 Å². The number of carbonyl (C=O) groups excluding carboxylic acids is 1. The first-order valence-electron chi connectivity index (χ1n) is 5.12. The van der Waals surface area contributed by atoms with Gasteiger partial charge in [-0.2, -0.15) is 0 Å². The van der Waals surface area contributed by atoms with E-state index in [1.807, 2.05) is 0 Å². The Hall–Kier alpha value is -1.04. The summed E-state index contributed by atoms with van der Waals surface area (Å²) in [4.78, 5) is 22.6. The lowest BCUT2D eigenvalue weighted by molar-refractivity contribution is -0.140. The topological polar surface area (TPSA) is 53.2 Å². The molecule has 1 aromatic rings. The van der Waals surface area contributed by atoms with Crippen LogP contribution in [-0.4, -0.2) is 27.0 Å². The number of esters is 1. The third-order valence-electron chi connectivity index (χ3n) is 2.63. The zero-order chi connectivity index (χ0) is 11.7. The number of nitrogens with zero attached hydrogens (tertiary/aromatic N) is 2. The molecule has 0 bridgehead atoms. The van der Waals surface area contributed by atoms with Gasteiger partial charge in [-0.25, -0.2) is 4.79 Å². The highest BCUT2D eigenvalue weighted by molar-refractivity contribution is 9.10. The van der Waals surface area contributed by atoms with Crippen molar-refractivity contribution < 1.29 is 9.53 Å². The lowest BCUT2D eigenvalue weighted by Gasteiger charge is -2.07. The van der Waals surface area contributed by atoms with Gasteiger partial charge in [-0.05, 0) is 12.8 Å². The highest BCUT2D eigenvalue weighted by Crippen LogP contribution is 2.33. The number of methoxy groups -OCH3 is 1. The van der Waals surface area contributed by atoms with Crippen molar-refractivity contribution in [2.75, 3.05) is 7.11 Å². The molecule has 0 aliphatic heterocycles. The van der Waals surface area contributed by atoms with Gasteiger partial charge in [0.25, 0.3) is 0 Å². The summed E-state index contributed by atoms with van der Waals surface area (Å²) in [6.45, 7) is 0.297. The van der Waals surface area contributed by atoms with Crippen molar-refractivity contribution in [3.63, 3.8) is 0 Å². The van der Waals surface area contributed by atoms with Crippen LogP contribution in [0.15, 0.2) is 17.2 Å². The molecule has 16 heavy (non-hydrogen) atoms. The van der Waals surface area contributed by atoms with Crippen LogP contribution in [0.1, 0.15) is 18.9 Å². The molecule has 6 heteroatoms. The lowest BCUT2D eigenvalue weighted by atomic mass is 10.4. The van der Waals surface area contributed by atoms with E-state index in [0.29, 0.717) is 12.6 Å². The molecule has 88 valence electrons. The minimum absolute atomic E-state index is 0.0594. The van der Waals surface area contributed by atoms with Crippen LogP contribution in [0.3, 0.4) is 0 Å². The number of imidazole rings is 1. The zero-order valence-corrected chi connectivity index (χ0v) is 10.5. The summed E-state index contributed by atoms with van der Waals surface area (Å²) < 4.78 is 7.82. The largest absolute Gasteiger partial charge is 0.468 e. The SMILES string of the molecule is COC(=O)C(Br)Cn1ccn(C2CC2)c1=O. The molecule has 0 N–H and O–H groups in total. The van der Waals surface area contributed by atoms with E-state index in [-0.39, 0.29) is 11.7 Å². The number of ether oxygens (including phenoxy) is 1. The summed E-state index contributed by atoms with van der Waals surface area (Å²) in [7, 11) is 1.33. The fourth-order valence-electron chi connectivity index (χ4n) is 1.57. The highest BCUT2D eigenvalue weighted by Gasteiger charge is 2.26. The summed E-state index contributed by atoms with van der Waals surface area (Å²) in [6, 6.07) is 0.362. The monoisotopic (exact) mass is 288 g/mol. The van der Waals surface area contributed by atoms with Crippen LogP contribution < -0.4 is 5.69 Å². The smallest absolute Gasteiger partial charge is 0.328 e. The maximum absolute atomic E-state index is 11.8. The van der Waals surface area contributed by atoms with E-state index in [1.54, 1.807) is 17.0 Å². The molecule has 0 aromatic carbocycles. The molecule has 1 aliphatic rings. The molecule has 5 nitrogen and oxygen atoms in total. The van der Waals surface area contributed by atoms with Gasteiger partial charge < -0.3 is 4.74 Å². The van der Waals surface area contributed by atoms with Crippen molar-refractivity contribution in [3.05, 3.63) is 22.9 Å². The second-order valence-electron chi connectivity index (χ2n) is 3.86. The Morgan fingerprint density at radius 3 is 2.88 bits per heavy atom. The predicted molar refractivity (Wildman–Crippen MR) is 61.7 cm³/mol. The van der Waals surface area contributed by atoms with E-state index < -0.39 is 4.83 Å². The van der Waals surface area contributed by atoms with Crippen molar-refractivity contribution in [1.82, 2.24) is 9.13 Å². The Bertz CT molecular complexity index is 447. The fraction of sp³-hybridized carbons (Fsp3) is 0.600. The third-order valence-corrected chi connectivity index (χ3v) is 3.29. The molecule has 1 fully saturated rings. The molecule has 2 rings (SSSR count). The molecule has 0 radical (unpaired) electrons. The second-order valence-corrected chi connectivity index (χ2v) is 4.97. The van der Waals surface area contributed by atoms with Crippen LogP contribution in [0, 0.1) is 0 Å². The quantitative estimate of drug-likeness (QED) is 0.612. The summed E-state index contributed by atoms with van der Waals surface area (Å²) in [5, 5.41) is 0. The van der Waals surface area contributed by atoms with Gasteiger partial charge in [-0.1, -0.05) is 15.9 Å². The van der Waals surface area contributed by atoms with E-state index in [2.05, 4.69) is 20.7 Å². The first-order valence-corrected chi connectivity index (χ1v) is 6.04. The van der Waals surface area contributed by atoms with Gasteiger partial charge in [-0.3, -0.25) is 13.9 Å². The number of hydrogen-bond donors (Lipinski definition) is 0. The maximum atomic E-state index is 11.8. The maximum Gasteiger partial charge on any atom is 0.328 e. The molecule has 1 atom stereocenters. The number of halogens is 1. The Morgan fingerprint density at radius 2 is 2.31 bits per heavy atom. The Labute approximate surface area is 101 Å². The number of aromatic nitrogens is 2. The van der Waals surface area contributed by atoms with Crippen molar-refractivity contribution in [2.45, 2.75) is 30.3 Å². The Kier molecular flexibility index (Phi) is 3.18. The molecule has 1 aliphatic carbocycles. The summed E-state index contributed by atoms with van der Waals surface area (Å²) in [5.41, 5.74) is -0.0594. The molecule has 1 heterocycles. The first-order chi connectivity index (χ1) is 7.63. The predicted octanol–water partition coefficient (Wildman–Crippen LogP) is 0.921. The van der Waals surface area contributed by atoms with Gasteiger partial charge in [0.1, 0.15) is 4.83 Å². The normalized spacial score (nSPS) is 17.1. The fourth-order valence-corrected chi connectivity index (χ4v) is 2.07. The first kappa shape index (κ1) is 11.4. The van der Waals surface area contributed by atoms with Gasteiger partial charge in [-0.15, -0.1) is 0 Å². The van der Waals surface area contributed by atoms with Gasteiger partial charge >= 0.3 is 11.7 Å². The minimum Gasteiger partial charge on any atom is -0.468 e. The average Bonchev–Trinajstić information content (AvgIpc) is 3.05. The van der Waals surface area contributed by atoms with Crippen LogP contribution in [0.4, 0.5) is 0 Å². The molecular weight excluding hydrogens is 276 g/mol. The molecule has 1 saturated carbocycles. The lowest BCUT2D eigenvalue weighted by Crippen LogP contribution is -2.29. The van der Waals surface area contributed by atoms with Crippen LogP contribution in [0.2, 0.25) is 0 Å². The van der Waals surface area contributed by atoms with Gasteiger partial charge in [0.15, 0.2) is 0 Å². The molecule has 0 spiro atoms. The average molecular weight is 289 g/mol. The minimum atomic E-state index is -0.481. The Balaban J connectivity index is 2.10. The van der Waals surface area contributed by atoms with Gasteiger partial charge in [0, 0.05) is 18.4 Å². The van der Waals surface area contributed by atoms with E-state index in [9.17, 15) is 9.59 Å². The van der Waals surface area contributed by atoms with E-state index in [4.69, 9.17) is 0 Å². The van der Waals surface area contributed by atoms with Crippen molar-refractivity contribution >= 4 is 21.9 Å². The number of hydrogen-bond acceptors (Lipinski definition) is 3. The highest BCUT2D eigenvalue weighted by atomic mass is 79.9. The third kappa shape index (κ3) is 2.21. The second kappa shape index (κ2) is 4.45. The van der Waals surface area contributed by atoms with Gasteiger partial charge in [0.05, 0.1) is 13.7 Å². The Morgan fingerprint density at radius 1 is 1.62 bits per heavy atom. The van der Waals surface area contributed by atoms with Gasteiger partial charge in [0.2, 0.25) is 0 Å². The van der Waals surface area contributed by atoms with E-state index >= 15 is 0 Å². The van der Waals surface area contributed by atoms with Crippen LogP contribution >= 0.6 is 15.9 Å². The summed E-state index contributed by atoms with van der Waals surface area (Å²) >= 11 is 3.19. The van der Waals surface area contributed by atoms with E-state index in [1.165, 1.54) is 11.7 Å². The van der Waals surface area contributed by atoms with Crippen LogP contribution in [0.5, 0.6) is 0 Å². The summed E-state index contributed by atoms with van der Waals surface area (Å²) in [6.07, 6.45) is 5.62. The molecule has 0 saturated heterocycles. The van der Waals surface area contributed by atoms with Crippen molar-refractivity contribution in [3.8, 4) is 0 Å². The molecular formula is C10H13BrN2O3. The number of rotatable bonds is 4. The molecule has 1 unspecified atom stereocenters. The standard InChI is InChI=1S/C10H13BrN2O3/c1-16-9(14)8(11)6-12-4-5-13(10(12)15)7-2-3-7/h4-5,7-8H,2-3,6H2,1H3. The molecule has 0 amide bonds. The van der Waals surface area contributed by atoms with Crippen molar-refractivity contribution in [2.24, 2.45) is 0 Å². The molecule has 1 aromatic heterocycles. The number of carbonyl (C=O) groups is 1. The summed E-state index contributed by atoms with van der Waals surface area (Å²) in [5.74, 6) is -0.369. The number of alkyl halides is 1. The van der Waals surface area contributed by atoms with Crippen LogP contribution in [0.25, 0.3) is 0 Å². The zero-order valence-electron chi connectivity index (χ0n) is 8.93. The van der Waals surface area contributed by atoms with Crippen LogP contribution in [-0.2, 0) is 16.1 Å². The van der Waals surface area contributed by atoms with Crippen molar-refractivity contribution in [1.29, 1.82) is 0 Å².